The van der Waals surface area contributed by atoms with Crippen LogP contribution in [0.15, 0.2) is 48.5 Å². The van der Waals surface area contributed by atoms with E-state index < -0.39 is 17.3 Å². The number of benzene rings is 2. The molecule has 0 saturated heterocycles. The first-order valence-electron chi connectivity index (χ1n) is 6.12. The Morgan fingerprint density at radius 2 is 1.73 bits per heavy atom. The third-order valence-electron chi connectivity index (χ3n) is 2.91. The summed E-state index contributed by atoms with van der Waals surface area (Å²) in [5, 5.41) is 10.7. The highest BCUT2D eigenvalue weighted by molar-refractivity contribution is 5.40. The van der Waals surface area contributed by atoms with Crippen LogP contribution in [0, 0.1) is 10.1 Å². The Balaban J connectivity index is 2.21. The zero-order valence-electron chi connectivity index (χ0n) is 11.1. The molecule has 0 bridgehead atoms. The molecule has 0 saturated carbocycles. The van der Waals surface area contributed by atoms with Gasteiger partial charge >= 0.3 is 6.36 Å². The standard InChI is InChI=1S/C14H11F3N2O3/c15-14(16,17)22-12-6-4-9(5-7-12)13(18)10-2-1-3-11(8-10)19(20)21/h1-8,13H,18H2/t13-/m0/s1. The number of halogens is 3. The summed E-state index contributed by atoms with van der Waals surface area (Å²) in [5.74, 6) is -0.359. The predicted molar refractivity (Wildman–Crippen MR) is 72.3 cm³/mol. The summed E-state index contributed by atoms with van der Waals surface area (Å²) in [4.78, 5) is 10.2. The van der Waals surface area contributed by atoms with Gasteiger partial charge in [0.1, 0.15) is 5.75 Å². The molecular weight excluding hydrogens is 301 g/mol. The van der Waals surface area contributed by atoms with Crippen LogP contribution in [0.3, 0.4) is 0 Å². The van der Waals surface area contributed by atoms with Crippen molar-refractivity contribution in [1.29, 1.82) is 0 Å². The summed E-state index contributed by atoms with van der Waals surface area (Å²) >= 11 is 0. The smallest absolute Gasteiger partial charge is 0.406 e. The lowest BCUT2D eigenvalue weighted by Crippen LogP contribution is -2.17. The first kappa shape index (κ1) is 15.8. The Morgan fingerprint density at radius 1 is 1.09 bits per heavy atom. The molecule has 0 radical (unpaired) electrons. The average molecular weight is 312 g/mol. The molecule has 0 aliphatic heterocycles. The Morgan fingerprint density at radius 3 is 2.27 bits per heavy atom. The minimum Gasteiger partial charge on any atom is -0.406 e. The van der Waals surface area contributed by atoms with Gasteiger partial charge in [-0.25, -0.2) is 0 Å². The molecule has 2 aromatic rings. The molecule has 116 valence electrons. The summed E-state index contributed by atoms with van der Waals surface area (Å²) in [5.41, 5.74) is 6.86. The fourth-order valence-corrected chi connectivity index (χ4v) is 1.90. The van der Waals surface area contributed by atoms with Gasteiger partial charge in [0.15, 0.2) is 0 Å². The van der Waals surface area contributed by atoms with Gasteiger partial charge in [0.05, 0.1) is 11.0 Å². The van der Waals surface area contributed by atoms with E-state index in [-0.39, 0.29) is 11.4 Å². The molecule has 2 aromatic carbocycles. The van der Waals surface area contributed by atoms with E-state index >= 15 is 0 Å². The van der Waals surface area contributed by atoms with E-state index in [1.54, 1.807) is 6.07 Å². The van der Waals surface area contributed by atoms with Crippen molar-refractivity contribution in [1.82, 2.24) is 0 Å². The van der Waals surface area contributed by atoms with Crippen LogP contribution in [-0.2, 0) is 0 Å². The number of hydrogen-bond acceptors (Lipinski definition) is 4. The van der Waals surface area contributed by atoms with Crippen molar-refractivity contribution in [3.8, 4) is 5.75 Å². The van der Waals surface area contributed by atoms with E-state index in [0.29, 0.717) is 11.1 Å². The van der Waals surface area contributed by atoms with E-state index in [0.717, 1.165) is 12.1 Å². The van der Waals surface area contributed by atoms with Crippen LogP contribution in [0.2, 0.25) is 0 Å². The van der Waals surface area contributed by atoms with Crippen LogP contribution in [0.4, 0.5) is 18.9 Å². The molecule has 5 nitrogen and oxygen atoms in total. The third-order valence-corrected chi connectivity index (χ3v) is 2.91. The van der Waals surface area contributed by atoms with Crippen LogP contribution < -0.4 is 10.5 Å². The van der Waals surface area contributed by atoms with Gasteiger partial charge < -0.3 is 10.5 Å². The molecule has 0 heterocycles. The maximum absolute atomic E-state index is 12.1. The Labute approximate surface area is 123 Å². The lowest BCUT2D eigenvalue weighted by molar-refractivity contribution is -0.384. The summed E-state index contributed by atoms with van der Waals surface area (Å²) in [6.07, 6.45) is -4.76. The van der Waals surface area contributed by atoms with Crippen LogP contribution in [-0.4, -0.2) is 11.3 Å². The number of nitrogens with two attached hydrogens (primary N) is 1. The highest BCUT2D eigenvalue weighted by Gasteiger charge is 2.31. The monoisotopic (exact) mass is 312 g/mol. The number of alkyl halides is 3. The van der Waals surface area contributed by atoms with E-state index in [2.05, 4.69) is 4.74 Å². The second kappa shape index (κ2) is 6.02. The van der Waals surface area contributed by atoms with Gasteiger partial charge in [0, 0.05) is 12.1 Å². The van der Waals surface area contributed by atoms with E-state index in [1.807, 2.05) is 0 Å². The topological polar surface area (TPSA) is 78.4 Å². The van der Waals surface area contributed by atoms with Gasteiger partial charge in [-0.05, 0) is 23.3 Å². The average Bonchev–Trinajstić information content (AvgIpc) is 2.46. The van der Waals surface area contributed by atoms with E-state index in [1.165, 1.54) is 30.3 Å². The van der Waals surface area contributed by atoms with Crippen molar-refractivity contribution >= 4 is 5.69 Å². The summed E-state index contributed by atoms with van der Waals surface area (Å²) in [6, 6.07) is 10.1. The van der Waals surface area contributed by atoms with Gasteiger partial charge in [0.25, 0.3) is 5.69 Å². The highest BCUT2D eigenvalue weighted by atomic mass is 19.4. The number of hydrogen-bond donors (Lipinski definition) is 1. The zero-order chi connectivity index (χ0) is 16.3. The molecule has 1 atom stereocenters. The fraction of sp³-hybridized carbons (Fsp3) is 0.143. The third kappa shape index (κ3) is 3.95. The second-order valence-electron chi connectivity index (χ2n) is 4.45. The molecule has 2 N–H and O–H groups in total. The Kier molecular flexibility index (Phi) is 4.32. The molecule has 0 aliphatic rings. The maximum atomic E-state index is 12.1. The predicted octanol–water partition coefficient (Wildman–Crippen LogP) is 3.54. The molecule has 0 unspecified atom stereocenters. The van der Waals surface area contributed by atoms with Gasteiger partial charge in [0.2, 0.25) is 0 Å². The number of nitro benzene ring substituents is 1. The van der Waals surface area contributed by atoms with E-state index in [4.69, 9.17) is 5.73 Å². The summed E-state index contributed by atoms with van der Waals surface area (Å²) in [6.45, 7) is 0. The molecule has 0 aliphatic carbocycles. The Hall–Kier alpha value is -2.61. The highest BCUT2D eigenvalue weighted by Crippen LogP contribution is 2.27. The lowest BCUT2D eigenvalue weighted by atomic mass is 9.99. The van der Waals surface area contributed by atoms with Crippen LogP contribution >= 0.6 is 0 Å². The van der Waals surface area contributed by atoms with Crippen molar-refractivity contribution in [2.24, 2.45) is 5.73 Å². The van der Waals surface area contributed by atoms with Crippen molar-refractivity contribution in [3.63, 3.8) is 0 Å². The maximum Gasteiger partial charge on any atom is 0.573 e. The number of non-ortho nitro benzene ring substituents is 1. The summed E-state index contributed by atoms with van der Waals surface area (Å²) in [7, 11) is 0. The van der Waals surface area contributed by atoms with Gasteiger partial charge in [-0.15, -0.1) is 13.2 Å². The first-order chi connectivity index (χ1) is 10.3. The number of nitro groups is 1. The van der Waals surface area contributed by atoms with Gasteiger partial charge in [-0.3, -0.25) is 10.1 Å². The van der Waals surface area contributed by atoms with Crippen molar-refractivity contribution < 1.29 is 22.8 Å². The quantitative estimate of drug-likeness (QED) is 0.692. The normalized spacial score (nSPS) is 12.7. The number of nitrogens with zero attached hydrogens (tertiary/aromatic N) is 1. The minimum absolute atomic E-state index is 0.107. The molecule has 2 rings (SSSR count). The second-order valence-corrected chi connectivity index (χ2v) is 4.45. The molecule has 0 fully saturated rings. The van der Waals surface area contributed by atoms with Crippen molar-refractivity contribution in [2.75, 3.05) is 0 Å². The minimum atomic E-state index is -4.76. The molecular formula is C14H11F3N2O3. The number of rotatable bonds is 4. The molecule has 0 aromatic heterocycles. The van der Waals surface area contributed by atoms with E-state index in [9.17, 15) is 23.3 Å². The van der Waals surface area contributed by atoms with Crippen LogP contribution in [0.1, 0.15) is 17.2 Å². The van der Waals surface area contributed by atoms with Gasteiger partial charge in [-0.1, -0.05) is 24.3 Å². The first-order valence-corrected chi connectivity index (χ1v) is 6.12. The lowest BCUT2D eigenvalue weighted by Gasteiger charge is -2.14. The molecule has 8 heteroatoms. The zero-order valence-corrected chi connectivity index (χ0v) is 11.1. The SMILES string of the molecule is N[C@@H](c1ccc(OC(F)(F)F)cc1)c1cccc([N+](=O)[O-])c1. The van der Waals surface area contributed by atoms with Crippen molar-refractivity contribution in [2.45, 2.75) is 12.4 Å². The number of ether oxygens (including phenoxy) is 1. The molecule has 0 amide bonds. The fourth-order valence-electron chi connectivity index (χ4n) is 1.90. The van der Waals surface area contributed by atoms with Crippen molar-refractivity contribution in [3.05, 3.63) is 69.8 Å². The summed E-state index contributed by atoms with van der Waals surface area (Å²) < 4.78 is 40.0. The largest absolute Gasteiger partial charge is 0.573 e. The van der Waals surface area contributed by atoms with Crippen LogP contribution in [0.5, 0.6) is 5.75 Å². The molecule has 22 heavy (non-hydrogen) atoms. The Bertz CT molecular complexity index is 672. The van der Waals surface area contributed by atoms with Crippen LogP contribution in [0.25, 0.3) is 0 Å². The molecule has 0 spiro atoms. The van der Waals surface area contributed by atoms with Gasteiger partial charge in [-0.2, -0.15) is 0 Å².